The topological polar surface area (TPSA) is 88.9 Å². The predicted molar refractivity (Wildman–Crippen MR) is 150 cm³/mol. The van der Waals surface area contributed by atoms with Crippen molar-refractivity contribution in [2.75, 3.05) is 27.3 Å². The number of nitrogens with one attached hydrogen (secondary N) is 1. The average Bonchev–Trinajstić information content (AvgIpc) is 3.28. The number of aromatic nitrogens is 2. The van der Waals surface area contributed by atoms with Gasteiger partial charge in [0.1, 0.15) is 11.5 Å². The van der Waals surface area contributed by atoms with Gasteiger partial charge in [0.2, 0.25) is 0 Å². The summed E-state index contributed by atoms with van der Waals surface area (Å²) in [5.74, 6) is 1.17. The first-order chi connectivity index (χ1) is 18.7. The Labute approximate surface area is 230 Å². The van der Waals surface area contributed by atoms with Crippen molar-refractivity contribution in [3.8, 4) is 17.2 Å². The highest BCUT2D eigenvalue weighted by molar-refractivity contribution is 5.98. The SMILES string of the molecule is CCN(CC)C(=O)C1=C(C)N(Cc2ccc(OC)cc2OC)C(=O)NC1c1ccc(-n2cnc(C)c2C)cc1. The fraction of sp³-hybridized carbons (Fsp3) is 0.367. The van der Waals surface area contributed by atoms with Crippen molar-refractivity contribution in [1.82, 2.24) is 24.7 Å². The highest BCUT2D eigenvalue weighted by Gasteiger charge is 2.37. The van der Waals surface area contributed by atoms with Gasteiger partial charge in [-0.1, -0.05) is 12.1 Å². The Hall–Kier alpha value is -4.27. The number of imidazole rings is 1. The Kier molecular flexibility index (Phi) is 8.28. The molecule has 0 radical (unpaired) electrons. The second-order valence-electron chi connectivity index (χ2n) is 9.50. The molecule has 3 aromatic rings. The highest BCUT2D eigenvalue weighted by atomic mass is 16.5. The first-order valence-electron chi connectivity index (χ1n) is 13.1. The largest absolute Gasteiger partial charge is 0.497 e. The summed E-state index contributed by atoms with van der Waals surface area (Å²) in [6.07, 6.45) is 1.80. The van der Waals surface area contributed by atoms with Gasteiger partial charge < -0.3 is 24.3 Å². The summed E-state index contributed by atoms with van der Waals surface area (Å²) in [5.41, 5.74) is 5.79. The number of nitrogens with zero attached hydrogens (tertiary/aromatic N) is 4. The summed E-state index contributed by atoms with van der Waals surface area (Å²) in [6, 6.07) is 12.5. The van der Waals surface area contributed by atoms with E-state index in [-0.39, 0.29) is 18.5 Å². The molecule has 2 heterocycles. The number of urea groups is 1. The fourth-order valence-corrected chi connectivity index (χ4v) is 4.92. The maximum absolute atomic E-state index is 13.8. The van der Waals surface area contributed by atoms with Gasteiger partial charge in [-0.05, 0) is 64.4 Å². The molecule has 0 saturated carbocycles. The zero-order chi connectivity index (χ0) is 28.3. The van der Waals surface area contributed by atoms with Crippen molar-refractivity contribution in [3.05, 3.63) is 82.6 Å². The van der Waals surface area contributed by atoms with E-state index in [1.54, 1.807) is 36.4 Å². The molecule has 0 aliphatic carbocycles. The summed E-state index contributed by atoms with van der Waals surface area (Å²) >= 11 is 0. The van der Waals surface area contributed by atoms with Crippen LogP contribution in [0.15, 0.2) is 60.1 Å². The molecule has 39 heavy (non-hydrogen) atoms. The number of likely N-dealkylation sites (N-methyl/N-ethyl adjacent to an activating group) is 1. The van der Waals surface area contributed by atoms with Crippen LogP contribution in [0.4, 0.5) is 4.79 Å². The second kappa shape index (κ2) is 11.6. The molecular weight excluding hydrogens is 494 g/mol. The Morgan fingerprint density at radius 1 is 1.03 bits per heavy atom. The third-order valence-electron chi connectivity index (χ3n) is 7.46. The van der Waals surface area contributed by atoms with E-state index in [0.717, 1.165) is 28.2 Å². The van der Waals surface area contributed by atoms with Crippen LogP contribution in [0.2, 0.25) is 0 Å². The first kappa shape index (κ1) is 27.8. The summed E-state index contributed by atoms with van der Waals surface area (Å²) in [5, 5.41) is 3.10. The molecule has 206 valence electrons. The molecule has 0 bridgehead atoms. The number of carbonyl (C=O) groups excluding carboxylic acids is 2. The average molecular weight is 532 g/mol. The second-order valence-corrected chi connectivity index (χ2v) is 9.50. The van der Waals surface area contributed by atoms with Crippen LogP contribution in [0.1, 0.15) is 49.3 Å². The number of hydrogen-bond acceptors (Lipinski definition) is 5. The summed E-state index contributed by atoms with van der Waals surface area (Å²) in [4.78, 5) is 35.1. The van der Waals surface area contributed by atoms with Gasteiger partial charge >= 0.3 is 6.03 Å². The highest BCUT2D eigenvalue weighted by Crippen LogP contribution is 2.35. The number of aryl methyl sites for hydroxylation is 1. The molecule has 0 saturated heterocycles. The van der Waals surface area contributed by atoms with Crippen LogP contribution in [0, 0.1) is 13.8 Å². The Bertz CT molecular complexity index is 1390. The summed E-state index contributed by atoms with van der Waals surface area (Å²) in [6.45, 7) is 11.1. The van der Waals surface area contributed by atoms with Crippen LogP contribution >= 0.6 is 0 Å². The zero-order valence-electron chi connectivity index (χ0n) is 23.7. The molecule has 1 aliphatic rings. The lowest BCUT2D eigenvalue weighted by Gasteiger charge is -2.37. The number of rotatable bonds is 9. The van der Waals surface area contributed by atoms with E-state index in [1.807, 2.05) is 75.6 Å². The fourth-order valence-electron chi connectivity index (χ4n) is 4.92. The van der Waals surface area contributed by atoms with Gasteiger partial charge in [0, 0.05) is 41.8 Å². The Balaban J connectivity index is 1.75. The van der Waals surface area contributed by atoms with Crippen LogP contribution < -0.4 is 14.8 Å². The molecule has 2 aromatic carbocycles. The van der Waals surface area contributed by atoms with E-state index in [9.17, 15) is 9.59 Å². The van der Waals surface area contributed by atoms with Gasteiger partial charge in [-0.2, -0.15) is 0 Å². The molecular formula is C30H37N5O4. The van der Waals surface area contributed by atoms with Crippen LogP contribution in [-0.4, -0.2) is 58.6 Å². The molecule has 1 aliphatic heterocycles. The number of allylic oxidation sites excluding steroid dienone is 1. The lowest BCUT2D eigenvalue weighted by atomic mass is 9.93. The van der Waals surface area contributed by atoms with Gasteiger partial charge in [0.15, 0.2) is 0 Å². The van der Waals surface area contributed by atoms with Crippen molar-refractivity contribution < 1.29 is 19.1 Å². The van der Waals surface area contributed by atoms with E-state index < -0.39 is 6.04 Å². The molecule has 1 N–H and O–H groups in total. The quantitative estimate of drug-likeness (QED) is 0.424. The minimum atomic E-state index is -0.584. The third-order valence-corrected chi connectivity index (χ3v) is 7.46. The summed E-state index contributed by atoms with van der Waals surface area (Å²) < 4.78 is 12.9. The number of carbonyl (C=O) groups is 2. The van der Waals surface area contributed by atoms with Crippen LogP contribution in [0.5, 0.6) is 11.5 Å². The standard InChI is InChI=1S/C30H37N5O4/c1-8-33(9-2)29(36)27-21(5)34(17-23-12-15-25(38-6)16-26(23)39-7)30(37)32-28(27)22-10-13-24(14-11-22)35-18-31-19(3)20(35)4/h10-16,18,28H,8-9,17H2,1-7H3,(H,32,37). The lowest BCUT2D eigenvalue weighted by Crippen LogP contribution is -2.49. The number of benzene rings is 2. The molecule has 0 spiro atoms. The van der Waals surface area contributed by atoms with Gasteiger partial charge in [0.25, 0.3) is 5.91 Å². The molecule has 4 rings (SSSR count). The molecule has 9 heteroatoms. The summed E-state index contributed by atoms with van der Waals surface area (Å²) in [7, 11) is 3.17. The van der Waals surface area contributed by atoms with Crippen molar-refractivity contribution in [2.24, 2.45) is 0 Å². The van der Waals surface area contributed by atoms with E-state index in [0.29, 0.717) is 35.9 Å². The van der Waals surface area contributed by atoms with Crippen molar-refractivity contribution in [2.45, 2.75) is 47.2 Å². The van der Waals surface area contributed by atoms with E-state index >= 15 is 0 Å². The van der Waals surface area contributed by atoms with E-state index in [2.05, 4.69) is 10.3 Å². The van der Waals surface area contributed by atoms with Crippen LogP contribution in [0.25, 0.3) is 5.69 Å². The van der Waals surface area contributed by atoms with Crippen molar-refractivity contribution in [3.63, 3.8) is 0 Å². The monoisotopic (exact) mass is 531 g/mol. The Morgan fingerprint density at radius 2 is 1.72 bits per heavy atom. The van der Waals surface area contributed by atoms with E-state index in [4.69, 9.17) is 9.47 Å². The first-order valence-corrected chi connectivity index (χ1v) is 13.1. The minimum absolute atomic E-state index is 0.0978. The van der Waals surface area contributed by atoms with E-state index in [1.165, 1.54) is 0 Å². The number of amides is 3. The van der Waals surface area contributed by atoms with Gasteiger partial charge in [-0.15, -0.1) is 0 Å². The number of ether oxygens (including phenoxy) is 2. The lowest BCUT2D eigenvalue weighted by molar-refractivity contribution is -0.127. The van der Waals surface area contributed by atoms with Crippen LogP contribution in [-0.2, 0) is 11.3 Å². The van der Waals surface area contributed by atoms with Crippen molar-refractivity contribution in [1.29, 1.82) is 0 Å². The third kappa shape index (κ3) is 5.34. The minimum Gasteiger partial charge on any atom is -0.497 e. The molecule has 1 atom stereocenters. The van der Waals surface area contributed by atoms with Crippen LogP contribution in [0.3, 0.4) is 0 Å². The normalized spacial score (nSPS) is 15.3. The smallest absolute Gasteiger partial charge is 0.322 e. The zero-order valence-corrected chi connectivity index (χ0v) is 23.7. The number of hydrogen-bond donors (Lipinski definition) is 1. The van der Waals surface area contributed by atoms with Gasteiger partial charge in [0.05, 0.1) is 44.4 Å². The van der Waals surface area contributed by atoms with Crippen molar-refractivity contribution >= 4 is 11.9 Å². The van der Waals surface area contributed by atoms with Gasteiger partial charge in [-0.25, -0.2) is 9.78 Å². The molecule has 1 aromatic heterocycles. The maximum atomic E-state index is 13.8. The molecule has 0 fully saturated rings. The molecule has 3 amide bonds. The molecule has 1 unspecified atom stereocenters. The molecule has 9 nitrogen and oxygen atoms in total. The van der Waals surface area contributed by atoms with Gasteiger partial charge in [-0.3, -0.25) is 9.69 Å². The maximum Gasteiger partial charge on any atom is 0.322 e. The number of methoxy groups -OCH3 is 2. The Morgan fingerprint density at radius 3 is 2.28 bits per heavy atom. The predicted octanol–water partition coefficient (Wildman–Crippen LogP) is 4.92.